The van der Waals surface area contributed by atoms with Gasteiger partial charge in [0.2, 0.25) is 5.91 Å². The molecule has 0 N–H and O–H groups in total. The average molecular weight is 483 g/mol. The van der Waals surface area contributed by atoms with Gasteiger partial charge in [0.05, 0.1) is 18.4 Å². The SMILES string of the molecule is COC(=O)[C@H]1Cc2ccccc2CN1C(=O)CSc1nnc(-c2ccccc2F)n1CC(C)C. The Kier molecular flexibility index (Phi) is 7.31. The molecule has 1 amide bonds. The molecule has 178 valence electrons. The van der Waals surface area contributed by atoms with Crippen molar-refractivity contribution >= 4 is 23.6 Å². The van der Waals surface area contributed by atoms with Gasteiger partial charge >= 0.3 is 5.97 Å². The van der Waals surface area contributed by atoms with E-state index in [9.17, 15) is 14.0 Å². The second-order valence-electron chi connectivity index (χ2n) is 8.61. The second kappa shape index (κ2) is 10.4. The number of halogens is 1. The van der Waals surface area contributed by atoms with E-state index < -0.39 is 12.0 Å². The number of carbonyl (C=O) groups is 2. The lowest BCUT2D eigenvalue weighted by molar-refractivity contribution is -0.153. The summed E-state index contributed by atoms with van der Waals surface area (Å²) in [5, 5.41) is 9.02. The summed E-state index contributed by atoms with van der Waals surface area (Å²) < 4.78 is 21.3. The second-order valence-corrected chi connectivity index (χ2v) is 9.56. The van der Waals surface area contributed by atoms with Crippen molar-refractivity contribution in [2.24, 2.45) is 5.92 Å². The molecule has 1 atom stereocenters. The number of amides is 1. The van der Waals surface area contributed by atoms with Crippen molar-refractivity contribution in [3.05, 3.63) is 65.5 Å². The third-order valence-corrected chi connectivity index (χ3v) is 6.70. The molecule has 2 aromatic carbocycles. The van der Waals surface area contributed by atoms with E-state index in [-0.39, 0.29) is 23.4 Å². The van der Waals surface area contributed by atoms with Crippen molar-refractivity contribution in [1.29, 1.82) is 0 Å². The zero-order chi connectivity index (χ0) is 24.2. The van der Waals surface area contributed by atoms with Crippen LogP contribution in [0.25, 0.3) is 11.4 Å². The highest BCUT2D eigenvalue weighted by molar-refractivity contribution is 7.99. The van der Waals surface area contributed by atoms with Gasteiger partial charge in [-0.15, -0.1) is 10.2 Å². The van der Waals surface area contributed by atoms with Crippen LogP contribution in [0.3, 0.4) is 0 Å². The van der Waals surface area contributed by atoms with E-state index in [2.05, 4.69) is 24.0 Å². The summed E-state index contributed by atoms with van der Waals surface area (Å²) in [4.78, 5) is 27.3. The molecule has 0 fully saturated rings. The summed E-state index contributed by atoms with van der Waals surface area (Å²) in [6, 6.07) is 13.6. The maximum absolute atomic E-state index is 14.4. The lowest BCUT2D eigenvalue weighted by Crippen LogP contribution is -2.49. The van der Waals surface area contributed by atoms with E-state index >= 15 is 0 Å². The normalized spacial score (nSPS) is 15.3. The molecule has 9 heteroatoms. The van der Waals surface area contributed by atoms with Crippen LogP contribution in [0.4, 0.5) is 4.39 Å². The molecular weight excluding hydrogens is 455 g/mol. The summed E-state index contributed by atoms with van der Waals surface area (Å²) in [7, 11) is 1.33. The molecule has 0 aliphatic carbocycles. The van der Waals surface area contributed by atoms with Crippen LogP contribution in [0.5, 0.6) is 0 Å². The Balaban J connectivity index is 1.56. The third-order valence-electron chi connectivity index (χ3n) is 5.75. The minimum absolute atomic E-state index is 0.0726. The first kappa shape index (κ1) is 23.9. The van der Waals surface area contributed by atoms with Crippen LogP contribution >= 0.6 is 11.8 Å². The molecule has 1 aliphatic heterocycles. The number of hydrogen-bond acceptors (Lipinski definition) is 6. The Hall–Kier alpha value is -3.20. The number of carbonyl (C=O) groups excluding carboxylic acids is 2. The van der Waals surface area contributed by atoms with E-state index in [0.29, 0.717) is 36.1 Å². The van der Waals surface area contributed by atoms with Crippen molar-refractivity contribution in [2.45, 2.75) is 44.6 Å². The van der Waals surface area contributed by atoms with Crippen molar-refractivity contribution < 1.29 is 18.7 Å². The van der Waals surface area contributed by atoms with Crippen molar-refractivity contribution in [1.82, 2.24) is 19.7 Å². The van der Waals surface area contributed by atoms with Crippen LogP contribution in [0, 0.1) is 11.7 Å². The zero-order valence-electron chi connectivity index (χ0n) is 19.4. The van der Waals surface area contributed by atoms with Crippen LogP contribution in [-0.2, 0) is 33.8 Å². The van der Waals surface area contributed by atoms with Gasteiger partial charge in [-0.1, -0.05) is 62.0 Å². The number of fused-ring (bicyclic) bond motifs is 1. The summed E-state index contributed by atoms with van der Waals surface area (Å²) >= 11 is 1.24. The van der Waals surface area contributed by atoms with E-state index in [1.807, 2.05) is 28.8 Å². The molecule has 0 saturated carbocycles. The van der Waals surface area contributed by atoms with Crippen molar-refractivity contribution in [3.8, 4) is 11.4 Å². The minimum Gasteiger partial charge on any atom is -0.467 e. The summed E-state index contributed by atoms with van der Waals surface area (Å²) in [5.41, 5.74) is 2.43. The molecule has 0 spiro atoms. The maximum Gasteiger partial charge on any atom is 0.328 e. The Morgan fingerprint density at radius 3 is 2.53 bits per heavy atom. The van der Waals surface area contributed by atoms with E-state index in [4.69, 9.17) is 4.74 Å². The van der Waals surface area contributed by atoms with Crippen LogP contribution in [0.15, 0.2) is 53.7 Å². The van der Waals surface area contributed by atoms with Gasteiger partial charge in [0.1, 0.15) is 11.9 Å². The number of esters is 1. The van der Waals surface area contributed by atoms with Crippen molar-refractivity contribution in [3.63, 3.8) is 0 Å². The molecule has 0 unspecified atom stereocenters. The molecule has 0 bridgehead atoms. The number of methoxy groups -OCH3 is 1. The Bertz CT molecular complexity index is 1200. The number of benzene rings is 2. The average Bonchev–Trinajstić information content (AvgIpc) is 3.22. The number of ether oxygens (including phenoxy) is 1. The molecule has 2 heterocycles. The molecule has 7 nitrogen and oxygen atoms in total. The number of aromatic nitrogens is 3. The number of nitrogens with zero attached hydrogens (tertiary/aromatic N) is 4. The van der Waals surface area contributed by atoms with E-state index in [1.54, 1.807) is 23.1 Å². The van der Waals surface area contributed by atoms with Gasteiger partial charge < -0.3 is 14.2 Å². The van der Waals surface area contributed by atoms with Gasteiger partial charge in [-0.3, -0.25) is 4.79 Å². The minimum atomic E-state index is -0.671. The summed E-state index contributed by atoms with van der Waals surface area (Å²) in [5.74, 6) is -0.233. The number of rotatable bonds is 7. The molecule has 34 heavy (non-hydrogen) atoms. The summed E-state index contributed by atoms with van der Waals surface area (Å²) in [6.45, 7) is 5.03. The van der Waals surface area contributed by atoms with E-state index in [0.717, 1.165) is 11.1 Å². The fourth-order valence-corrected chi connectivity index (χ4v) is 4.94. The van der Waals surface area contributed by atoms with Crippen LogP contribution in [0.1, 0.15) is 25.0 Å². The highest BCUT2D eigenvalue weighted by Crippen LogP contribution is 2.29. The fraction of sp³-hybridized carbons (Fsp3) is 0.360. The monoisotopic (exact) mass is 482 g/mol. The molecule has 0 radical (unpaired) electrons. The van der Waals surface area contributed by atoms with Gasteiger partial charge in [-0.05, 0) is 29.2 Å². The molecular formula is C25H27FN4O3S. The number of thioether (sulfide) groups is 1. The third kappa shape index (κ3) is 4.99. The van der Waals surface area contributed by atoms with Gasteiger partial charge in [0.25, 0.3) is 0 Å². The molecule has 4 rings (SSSR count). The standard InChI is InChI=1S/C25H27FN4O3S/c1-16(2)13-30-23(19-10-6-7-11-20(19)26)27-28-25(30)34-15-22(31)29-14-18-9-5-4-8-17(18)12-21(29)24(32)33-3/h4-11,16,21H,12-15H2,1-3H3/t21-/m1/s1. The smallest absolute Gasteiger partial charge is 0.328 e. The lowest BCUT2D eigenvalue weighted by Gasteiger charge is -2.35. The largest absolute Gasteiger partial charge is 0.467 e. The number of hydrogen-bond donors (Lipinski definition) is 0. The van der Waals surface area contributed by atoms with E-state index in [1.165, 1.54) is 24.9 Å². The van der Waals surface area contributed by atoms with Gasteiger partial charge in [0.15, 0.2) is 11.0 Å². The van der Waals surface area contributed by atoms with Crippen LogP contribution < -0.4 is 0 Å². The maximum atomic E-state index is 14.4. The lowest BCUT2D eigenvalue weighted by atomic mass is 9.94. The molecule has 0 saturated heterocycles. The van der Waals surface area contributed by atoms with Gasteiger partial charge in [-0.2, -0.15) is 0 Å². The highest BCUT2D eigenvalue weighted by Gasteiger charge is 2.35. The fourth-order valence-electron chi connectivity index (χ4n) is 4.11. The molecule has 1 aliphatic rings. The zero-order valence-corrected chi connectivity index (χ0v) is 20.2. The predicted octanol–water partition coefficient (Wildman–Crippen LogP) is 3.96. The van der Waals surface area contributed by atoms with Crippen molar-refractivity contribution in [2.75, 3.05) is 12.9 Å². The quantitative estimate of drug-likeness (QED) is 0.375. The summed E-state index contributed by atoms with van der Waals surface area (Å²) in [6.07, 6.45) is 0.417. The van der Waals surface area contributed by atoms with Gasteiger partial charge in [0, 0.05) is 19.5 Å². The van der Waals surface area contributed by atoms with Crippen LogP contribution in [0.2, 0.25) is 0 Å². The van der Waals surface area contributed by atoms with Crippen LogP contribution in [-0.4, -0.2) is 50.4 Å². The molecule has 1 aromatic heterocycles. The first-order valence-electron chi connectivity index (χ1n) is 11.1. The van der Waals surface area contributed by atoms with Gasteiger partial charge in [-0.25, -0.2) is 9.18 Å². The highest BCUT2D eigenvalue weighted by atomic mass is 32.2. The topological polar surface area (TPSA) is 77.3 Å². The predicted molar refractivity (Wildman–Crippen MR) is 127 cm³/mol. The molecule has 3 aromatic rings. The first-order chi connectivity index (χ1) is 16.4. The Labute approximate surface area is 202 Å². The first-order valence-corrected chi connectivity index (χ1v) is 12.1. The Morgan fingerprint density at radius 1 is 1.12 bits per heavy atom. The Morgan fingerprint density at radius 2 is 1.82 bits per heavy atom.